The Hall–Kier alpha value is -4.74. The van der Waals surface area contributed by atoms with Crippen molar-refractivity contribution in [3.8, 4) is 17.2 Å². The molecule has 12 heteroatoms. The fourth-order valence-electron chi connectivity index (χ4n) is 1.54. The highest BCUT2D eigenvalue weighted by Crippen LogP contribution is 2.15. The first-order valence-corrected chi connectivity index (χ1v) is 7.90. The van der Waals surface area contributed by atoms with Gasteiger partial charge in [0.15, 0.2) is 0 Å². The van der Waals surface area contributed by atoms with Crippen LogP contribution in [0.3, 0.4) is 0 Å². The molecule has 32 heavy (non-hydrogen) atoms. The number of carbonyl (C=O) groups is 3. The van der Waals surface area contributed by atoms with E-state index >= 15 is 0 Å². The van der Waals surface area contributed by atoms with Gasteiger partial charge < -0.3 is 29.9 Å². The van der Waals surface area contributed by atoms with E-state index in [-0.39, 0.29) is 11.7 Å². The number of pyridine rings is 3. The molecule has 0 aromatic carbocycles. The van der Waals surface area contributed by atoms with Crippen LogP contribution in [0.4, 0.5) is 0 Å². The molecular weight excluding hydrogens is 426 g/mol. The Morgan fingerprint density at radius 1 is 0.750 bits per heavy atom. The van der Waals surface area contributed by atoms with Gasteiger partial charge in [-0.2, -0.15) is 0 Å². The molecule has 0 aliphatic heterocycles. The second-order valence-corrected chi connectivity index (χ2v) is 4.92. The molecule has 0 bridgehead atoms. The fraction of sp³-hybridized carbons (Fsp3) is 0.100. The number of aromatic hydroxyl groups is 3. The summed E-state index contributed by atoms with van der Waals surface area (Å²) in [6.07, 6.45) is -3.28. The molecule has 12 nitrogen and oxygen atoms in total. The number of aromatic carboxylic acids is 1. The standard InChI is InChI=1S/2C7H7NO3.C6H5NO3/c2*1-11-7(10)5-2-3-8-4-6(5)9;8-5-3-7-2-1-4(5)6(9)10/h2*2-4,9H,1H3;1-3,8H,(H,9,10)/i2D,3D,4D;3D,4D;1D,2D,3D. The number of carbonyl (C=O) groups excluding carboxylic acids is 2. The van der Waals surface area contributed by atoms with Crippen LogP contribution in [0.2, 0.25) is 0 Å². The Morgan fingerprint density at radius 2 is 1.16 bits per heavy atom. The minimum absolute atomic E-state index is 0.215. The number of hydrogen-bond acceptors (Lipinski definition) is 11. The van der Waals surface area contributed by atoms with E-state index in [9.17, 15) is 24.6 Å². The molecule has 3 heterocycles. The number of carboxylic acid groups (broad SMARTS) is 1. The van der Waals surface area contributed by atoms with Gasteiger partial charge in [-0.05, 0) is 18.2 Å². The van der Waals surface area contributed by atoms with Crippen LogP contribution in [0.1, 0.15) is 42.0 Å². The van der Waals surface area contributed by atoms with Gasteiger partial charge >= 0.3 is 17.9 Å². The van der Waals surface area contributed by atoms with Gasteiger partial charge in [0.25, 0.3) is 0 Å². The molecule has 3 rings (SSSR count). The third kappa shape index (κ3) is 7.59. The smallest absolute Gasteiger partial charge is 0.341 e. The molecule has 0 saturated carbocycles. The SMILES string of the molecule is [2H]c1cc(C(=O)OC)c(O)c([2H])n1.[2H]c1nc([2H])c(O)c(C(=O)O)c1[2H].[2H]c1nc([2H])c(O)c(C(=O)OC)c1[2H]. The zero-order valence-electron chi connectivity index (χ0n) is 24.2. The molecule has 0 radical (unpaired) electrons. The third-order valence-electron chi connectivity index (χ3n) is 2.97. The number of carboxylic acids is 1. The summed E-state index contributed by atoms with van der Waals surface area (Å²) in [6.45, 7) is 0. The van der Waals surface area contributed by atoms with Gasteiger partial charge in [-0.1, -0.05) is 0 Å². The molecular formula is C20H19N3O9. The largest absolute Gasteiger partial charge is 0.505 e. The lowest BCUT2D eigenvalue weighted by Crippen LogP contribution is -2.01. The van der Waals surface area contributed by atoms with E-state index in [1.54, 1.807) is 0 Å². The zero-order valence-corrected chi connectivity index (χ0v) is 16.2. The van der Waals surface area contributed by atoms with Crippen molar-refractivity contribution in [1.29, 1.82) is 0 Å². The van der Waals surface area contributed by atoms with Crippen LogP contribution in [0.15, 0.2) is 55.2 Å². The van der Waals surface area contributed by atoms with Crippen LogP contribution in [-0.2, 0) is 9.47 Å². The molecule has 0 saturated heterocycles. The van der Waals surface area contributed by atoms with Crippen LogP contribution in [0.25, 0.3) is 0 Å². The average molecular weight is 453 g/mol. The first kappa shape index (κ1) is 15.1. The Labute approximate surface area is 192 Å². The van der Waals surface area contributed by atoms with Crippen LogP contribution in [0, 0.1) is 0 Å². The van der Waals surface area contributed by atoms with E-state index in [2.05, 4.69) is 24.4 Å². The number of hydrogen-bond donors (Lipinski definition) is 4. The number of nitrogens with zero attached hydrogens (tertiary/aromatic N) is 3. The van der Waals surface area contributed by atoms with Crippen molar-refractivity contribution in [2.45, 2.75) is 0 Å². The second kappa shape index (κ2) is 12.7. The van der Waals surface area contributed by atoms with E-state index in [4.69, 9.17) is 21.2 Å². The summed E-state index contributed by atoms with van der Waals surface area (Å²) >= 11 is 0. The first-order valence-electron chi connectivity index (χ1n) is 11.9. The molecule has 3 aromatic rings. The Balaban J connectivity index is 0.000000300. The van der Waals surface area contributed by atoms with Crippen molar-refractivity contribution in [3.05, 3.63) is 71.9 Å². The molecule has 0 amide bonds. The van der Waals surface area contributed by atoms with E-state index in [1.165, 1.54) is 0 Å². The van der Waals surface area contributed by atoms with Gasteiger partial charge in [0.2, 0.25) is 0 Å². The lowest BCUT2D eigenvalue weighted by molar-refractivity contribution is 0.0588. The lowest BCUT2D eigenvalue weighted by atomic mass is 10.2. The number of ether oxygens (including phenoxy) is 2. The third-order valence-corrected chi connectivity index (χ3v) is 2.97. The van der Waals surface area contributed by atoms with Crippen LogP contribution >= 0.6 is 0 Å². The van der Waals surface area contributed by atoms with Gasteiger partial charge in [0.05, 0.1) is 43.7 Å². The molecule has 4 N–H and O–H groups in total. The van der Waals surface area contributed by atoms with Gasteiger partial charge in [-0.3, -0.25) is 15.0 Å². The van der Waals surface area contributed by atoms with Gasteiger partial charge in [0, 0.05) is 18.5 Å². The fourth-order valence-corrected chi connectivity index (χ4v) is 1.54. The maximum absolute atomic E-state index is 11.1. The number of rotatable bonds is 3. The van der Waals surface area contributed by atoms with Crippen molar-refractivity contribution < 1.29 is 55.2 Å². The van der Waals surface area contributed by atoms with Crippen molar-refractivity contribution in [2.24, 2.45) is 0 Å². The van der Waals surface area contributed by atoms with Crippen molar-refractivity contribution in [2.75, 3.05) is 14.2 Å². The predicted molar refractivity (Wildman–Crippen MR) is 107 cm³/mol. The molecule has 0 aliphatic rings. The maximum atomic E-state index is 11.1. The summed E-state index contributed by atoms with van der Waals surface area (Å²) in [4.78, 5) is 42.2. The Bertz CT molecular complexity index is 1420. The highest BCUT2D eigenvalue weighted by atomic mass is 16.5. The zero-order chi connectivity index (χ0) is 31.1. The van der Waals surface area contributed by atoms with Gasteiger partial charge in [0.1, 0.15) is 33.9 Å². The summed E-state index contributed by atoms with van der Waals surface area (Å²) in [5.41, 5.74) is -1.48. The monoisotopic (exact) mass is 453 g/mol. The van der Waals surface area contributed by atoms with E-state index in [1.807, 2.05) is 0 Å². The number of esters is 2. The molecule has 0 spiro atoms. The van der Waals surface area contributed by atoms with E-state index in [0.29, 0.717) is 0 Å². The maximum Gasteiger partial charge on any atom is 0.341 e. The van der Waals surface area contributed by atoms with Crippen molar-refractivity contribution in [3.63, 3.8) is 0 Å². The predicted octanol–water partition coefficient (Wildman–Crippen LogP) is 1.63. The number of methoxy groups -OCH3 is 2. The topological polar surface area (TPSA) is 189 Å². The normalized spacial score (nSPS) is 12.7. The van der Waals surface area contributed by atoms with Crippen molar-refractivity contribution in [1.82, 2.24) is 15.0 Å². The summed E-state index contributed by atoms with van der Waals surface area (Å²) in [5, 5.41) is 36.0. The van der Waals surface area contributed by atoms with E-state index < -0.39 is 89.2 Å². The molecule has 3 aromatic heterocycles. The molecule has 168 valence electrons. The molecule has 0 atom stereocenters. The molecule has 0 unspecified atom stereocenters. The second-order valence-electron chi connectivity index (χ2n) is 4.92. The quantitative estimate of drug-likeness (QED) is 0.420. The molecule has 0 aliphatic carbocycles. The highest BCUT2D eigenvalue weighted by Gasteiger charge is 2.10. The summed E-state index contributed by atoms with van der Waals surface area (Å²) in [6, 6.07) is -0.203. The van der Waals surface area contributed by atoms with Crippen molar-refractivity contribution >= 4 is 17.9 Å². The average Bonchev–Trinajstić information content (AvgIpc) is 2.88. The van der Waals surface area contributed by atoms with Crippen LogP contribution in [-0.4, -0.2) is 67.5 Å². The van der Waals surface area contributed by atoms with Crippen LogP contribution in [0.5, 0.6) is 17.2 Å². The minimum Gasteiger partial charge on any atom is -0.505 e. The summed E-state index contributed by atoms with van der Waals surface area (Å²) in [5.74, 6) is -5.49. The first-order chi connectivity index (χ1) is 18.5. The van der Waals surface area contributed by atoms with Gasteiger partial charge in [-0.15, -0.1) is 0 Å². The Kier molecular flexibility index (Phi) is 6.02. The minimum atomic E-state index is -1.55. The highest BCUT2D eigenvalue weighted by molar-refractivity contribution is 5.92. The Morgan fingerprint density at radius 3 is 1.66 bits per heavy atom. The molecule has 0 fully saturated rings. The van der Waals surface area contributed by atoms with Crippen LogP contribution < -0.4 is 0 Å². The van der Waals surface area contributed by atoms with Gasteiger partial charge in [-0.25, -0.2) is 14.4 Å². The summed E-state index contributed by atoms with van der Waals surface area (Å²) < 4.78 is 65.3. The number of aromatic nitrogens is 3. The lowest BCUT2D eigenvalue weighted by Gasteiger charge is -1.99. The van der Waals surface area contributed by atoms with E-state index in [0.717, 1.165) is 20.3 Å². The summed E-state index contributed by atoms with van der Waals surface area (Å²) in [7, 11) is 2.23.